The van der Waals surface area contributed by atoms with E-state index in [2.05, 4.69) is 11.6 Å². The molecule has 4 heteroatoms. The van der Waals surface area contributed by atoms with E-state index < -0.39 is 5.43 Å². The summed E-state index contributed by atoms with van der Waals surface area (Å²) in [6.07, 6.45) is 0. The Morgan fingerprint density at radius 3 is 1.80 bits per heavy atom. The average Bonchev–Trinajstić information content (AvgIpc) is 0.811. The van der Waals surface area contributed by atoms with Crippen molar-refractivity contribution in [1.29, 1.82) is 0 Å². The largest absolute Gasteiger partial charge is 0.469 e. The van der Waals surface area contributed by atoms with Gasteiger partial charge < -0.3 is 5.11 Å². The predicted molar refractivity (Wildman–Crippen MR) is 25.2 cm³/mol. The normalized spacial score (nSPS) is 5.00. The summed E-state index contributed by atoms with van der Waals surface area (Å²) in [6.45, 7) is 0. The highest BCUT2D eigenvalue weighted by Gasteiger charge is 1.71. The highest BCUT2D eigenvalue weighted by Crippen LogP contribution is 1.67. The van der Waals surface area contributed by atoms with Gasteiger partial charge in [0.25, 0.3) is 0 Å². The van der Waals surface area contributed by atoms with Gasteiger partial charge >= 0.3 is 5.43 Å². The molecule has 0 aliphatic carbocycles. The van der Waals surface area contributed by atoms with Gasteiger partial charge in [-0.2, -0.15) is 0 Å². The molecule has 0 saturated heterocycles. The molecule has 0 aromatic carbocycles. The Bertz CT molecular complexity index is 32.6. The van der Waals surface area contributed by atoms with Crippen LogP contribution in [0.2, 0.25) is 0 Å². The van der Waals surface area contributed by atoms with E-state index in [9.17, 15) is 0 Å². The van der Waals surface area contributed by atoms with E-state index in [1.165, 1.54) is 0 Å². The van der Waals surface area contributed by atoms with Crippen molar-refractivity contribution in [2.24, 2.45) is 0 Å². The summed E-state index contributed by atoms with van der Waals surface area (Å²) in [5, 5.41) is 7.18. The van der Waals surface area contributed by atoms with Gasteiger partial charge in [0.2, 0.25) is 0 Å². The molecule has 5 heavy (non-hydrogen) atoms. The van der Waals surface area contributed by atoms with Crippen molar-refractivity contribution >= 4 is 28.0 Å². The van der Waals surface area contributed by atoms with Crippen LogP contribution in [-0.4, -0.2) is 21.5 Å². The molecule has 0 bridgehead atoms. The number of rotatable bonds is 0. The van der Waals surface area contributed by atoms with Gasteiger partial charge in [-0.25, -0.2) is 4.79 Å². The minimum Gasteiger partial charge on any atom is -0.469 e. The average molecular weight is 113 g/mol. The Balaban J connectivity index is 0. The maximum atomic E-state index is 8.77. The van der Waals surface area contributed by atoms with Crippen molar-refractivity contribution in [2.45, 2.75) is 0 Å². The zero-order valence-corrected chi connectivity index (χ0v) is 2.49. The lowest BCUT2D eigenvalue weighted by Crippen LogP contribution is -1.66. The number of carbonyl (C=O) groups is 1. The van der Waals surface area contributed by atoms with Gasteiger partial charge in [0, 0.05) is 11.6 Å². The molecule has 0 fully saturated rings. The third-order valence-corrected chi connectivity index (χ3v) is 0. The smallest absolute Gasteiger partial charge is 0.401 e. The first-order chi connectivity index (χ1) is 1.73. The van der Waals surface area contributed by atoms with E-state index in [0.29, 0.717) is 0 Å². The summed E-state index contributed by atoms with van der Waals surface area (Å²) in [5.74, 6) is 0. The minimum atomic E-state index is -1.36. The summed E-state index contributed by atoms with van der Waals surface area (Å²) < 4.78 is 0. The second-order valence-corrected chi connectivity index (χ2v) is 0.576. The van der Waals surface area contributed by atoms with E-state index in [0.717, 1.165) is 0 Å². The Labute approximate surface area is 38.8 Å². The van der Waals surface area contributed by atoms with Crippen LogP contribution >= 0.6 is 11.6 Å². The number of halogens is 1. The maximum absolute atomic E-state index is 8.77. The molecule has 1 N–H and O–H groups in total. The Morgan fingerprint density at radius 2 is 1.80 bits per heavy atom. The zero-order chi connectivity index (χ0) is 3.58. The summed E-state index contributed by atoms with van der Waals surface area (Å²) in [7, 11) is 0. The van der Waals surface area contributed by atoms with Crippen LogP contribution in [0.1, 0.15) is 0 Å². The fourth-order valence-corrected chi connectivity index (χ4v) is 0. The van der Waals surface area contributed by atoms with Gasteiger partial charge in [-0.05, 0) is 11.0 Å². The monoisotopic (exact) mass is 112 g/mol. The van der Waals surface area contributed by atoms with Crippen LogP contribution < -0.4 is 0 Å². The van der Waals surface area contributed by atoms with Crippen LogP contribution in [0.4, 0.5) is 4.79 Å². The standard InChI is InChI=1S/CHClO2.H4Si/c2-1(3)4;/h(H,3,4);1H4. The second-order valence-electron chi connectivity index (χ2n) is 0.253. The van der Waals surface area contributed by atoms with Gasteiger partial charge in [0.05, 0.1) is 0 Å². The number of hydrogen-bond acceptors (Lipinski definition) is 1. The lowest BCUT2D eigenvalue weighted by Gasteiger charge is -1.55. The van der Waals surface area contributed by atoms with Crippen molar-refractivity contribution in [2.75, 3.05) is 0 Å². The summed E-state index contributed by atoms with van der Waals surface area (Å²) in [5.41, 5.74) is -1.36. The maximum Gasteiger partial charge on any atom is 0.401 e. The molecule has 0 spiro atoms. The summed E-state index contributed by atoms with van der Waals surface area (Å²) in [4.78, 5) is 8.77. The highest BCUT2D eigenvalue weighted by atomic mass is 35.5. The number of hydrogen-bond donors (Lipinski definition) is 1. The summed E-state index contributed by atoms with van der Waals surface area (Å²) in [6, 6.07) is 0. The third-order valence-electron chi connectivity index (χ3n) is 0. The molecule has 0 unspecified atom stereocenters. The molecule has 0 aliphatic rings. The van der Waals surface area contributed by atoms with Crippen LogP contribution in [0.3, 0.4) is 0 Å². The quantitative estimate of drug-likeness (QED) is 0.337. The van der Waals surface area contributed by atoms with Crippen molar-refractivity contribution < 1.29 is 9.90 Å². The molecule has 0 heterocycles. The van der Waals surface area contributed by atoms with Gasteiger partial charge in [-0.1, -0.05) is 0 Å². The predicted octanol–water partition coefficient (Wildman–Crippen LogP) is -0.548. The lowest BCUT2D eigenvalue weighted by atomic mass is 11.6. The first-order valence-electron chi connectivity index (χ1n) is 0.617. The SMILES string of the molecule is O=C(O)Cl.[SiH4]. The van der Waals surface area contributed by atoms with Gasteiger partial charge in [-0.3, -0.25) is 0 Å². The van der Waals surface area contributed by atoms with Gasteiger partial charge in [-0.15, -0.1) is 0 Å². The molecule has 0 aromatic heterocycles. The van der Waals surface area contributed by atoms with Crippen molar-refractivity contribution in [3.05, 3.63) is 0 Å². The van der Waals surface area contributed by atoms with Crippen molar-refractivity contribution in [3.8, 4) is 0 Å². The molecule has 0 atom stereocenters. The fourth-order valence-electron chi connectivity index (χ4n) is 0. The van der Waals surface area contributed by atoms with E-state index in [4.69, 9.17) is 9.90 Å². The molecular weight excluding hydrogens is 108 g/mol. The van der Waals surface area contributed by atoms with Gasteiger partial charge in [0.1, 0.15) is 0 Å². The zero-order valence-electron chi connectivity index (χ0n) is 1.73. The van der Waals surface area contributed by atoms with Crippen LogP contribution in [0.15, 0.2) is 0 Å². The molecular formula is CH5ClO2Si. The minimum absolute atomic E-state index is 0. The third kappa shape index (κ3) is 29100. The number of carboxylic acid groups (broad SMARTS) is 1. The fraction of sp³-hybridized carbons (Fsp3) is 0. The molecule has 0 amide bonds. The van der Waals surface area contributed by atoms with E-state index >= 15 is 0 Å². The second kappa shape index (κ2) is 3.98. The van der Waals surface area contributed by atoms with Crippen molar-refractivity contribution in [3.63, 3.8) is 0 Å². The molecule has 0 saturated carbocycles. The topological polar surface area (TPSA) is 37.3 Å². The lowest BCUT2D eigenvalue weighted by molar-refractivity contribution is 0.220. The molecule has 0 aromatic rings. The Hall–Kier alpha value is -0.0231. The van der Waals surface area contributed by atoms with E-state index in [-0.39, 0.29) is 11.0 Å². The van der Waals surface area contributed by atoms with E-state index in [1.54, 1.807) is 0 Å². The first-order valence-corrected chi connectivity index (χ1v) is 0.995. The highest BCUT2D eigenvalue weighted by molar-refractivity contribution is 6.60. The molecule has 0 radical (unpaired) electrons. The summed E-state index contributed by atoms with van der Waals surface area (Å²) >= 11 is 4.19. The molecule has 32 valence electrons. The Kier molecular flexibility index (Phi) is 7.06. The van der Waals surface area contributed by atoms with Crippen molar-refractivity contribution in [1.82, 2.24) is 0 Å². The molecule has 0 aliphatic heterocycles. The van der Waals surface area contributed by atoms with Crippen LogP contribution in [0.25, 0.3) is 0 Å². The van der Waals surface area contributed by atoms with Gasteiger partial charge in [0.15, 0.2) is 0 Å². The molecule has 2 nitrogen and oxygen atoms in total. The Morgan fingerprint density at radius 1 is 1.80 bits per heavy atom. The molecule has 0 rings (SSSR count). The van der Waals surface area contributed by atoms with Crippen LogP contribution in [-0.2, 0) is 0 Å². The van der Waals surface area contributed by atoms with E-state index in [1.807, 2.05) is 0 Å². The van der Waals surface area contributed by atoms with Crippen LogP contribution in [0, 0.1) is 0 Å². The first kappa shape index (κ1) is 8.88. The van der Waals surface area contributed by atoms with Crippen LogP contribution in [0.5, 0.6) is 0 Å².